The second-order valence-electron chi connectivity index (χ2n) is 4.09. The van der Waals surface area contributed by atoms with Gasteiger partial charge in [-0.1, -0.05) is 0 Å². The summed E-state index contributed by atoms with van der Waals surface area (Å²) >= 11 is 0. The monoisotopic (exact) mass is 211 g/mol. The van der Waals surface area contributed by atoms with Crippen LogP contribution in [-0.4, -0.2) is 27.3 Å². The van der Waals surface area contributed by atoms with Gasteiger partial charge in [0.15, 0.2) is 0 Å². The van der Waals surface area contributed by atoms with Crippen LogP contribution in [0.25, 0.3) is 0 Å². The van der Waals surface area contributed by atoms with E-state index in [0.717, 1.165) is 4.57 Å². The first-order valence-electron chi connectivity index (χ1n) is 4.44. The lowest BCUT2D eigenvalue weighted by atomic mass is 10.2. The molecule has 1 N–H and O–H groups in total. The second-order valence-corrected chi connectivity index (χ2v) is 4.09. The minimum absolute atomic E-state index is 0.0564. The highest BCUT2D eigenvalue weighted by Crippen LogP contribution is 2.10. The molecule has 82 valence electrons. The van der Waals surface area contributed by atoms with E-state index in [1.807, 2.05) is 0 Å². The number of carboxylic acids is 1. The molecule has 0 aliphatic rings. The van der Waals surface area contributed by atoms with Gasteiger partial charge in [0.1, 0.15) is 5.60 Å². The Morgan fingerprint density at radius 1 is 1.40 bits per heavy atom. The van der Waals surface area contributed by atoms with Crippen LogP contribution >= 0.6 is 0 Å². The molecule has 5 nitrogen and oxygen atoms in total. The normalized spacial score (nSPS) is 11.1. The number of rotatable bonds is 1. The summed E-state index contributed by atoms with van der Waals surface area (Å²) in [5, 5.41) is 8.65. The van der Waals surface area contributed by atoms with Crippen molar-refractivity contribution < 1.29 is 19.4 Å². The zero-order chi connectivity index (χ0) is 11.6. The third-order valence-electron chi connectivity index (χ3n) is 1.54. The predicted molar refractivity (Wildman–Crippen MR) is 53.0 cm³/mol. The van der Waals surface area contributed by atoms with E-state index in [1.54, 1.807) is 20.8 Å². The SMILES string of the molecule is CC(C)(C)OC(=O)n1ccc(C(=O)O)c1. The summed E-state index contributed by atoms with van der Waals surface area (Å²) in [4.78, 5) is 22.0. The highest BCUT2D eigenvalue weighted by molar-refractivity contribution is 5.88. The van der Waals surface area contributed by atoms with Crippen LogP contribution in [0.5, 0.6) is 0 Å². The summed E-state index contributed by atoms with van der Waals surface area (Å²) in [5.74, 6) is -1.07. The van der Waals surface area contributed by atoms with E-state index >= 15 is 0 Å². The van der Waals surface area contributed by atoms with E-state index in [9.17, 15) is 9.59 Å². The number of nitrogens with zero attached hydrogens (tertiary/aromatic N) is 1. The first kappa shape index (κ1) is 11.3. The summed E-state index contributed by atoms with van der Waals surface area (Å²) in [5.41, 5.74) is -0.536. The van der Waals surface area contributed by atoms with Gasteiger partial charge in [-0.15, -0.1) is 0 Å². The van der Waals surface area contributed by atoms with Crippen molar-refractivity contribution in [2.45, 2.75) is 26.4 Å². The molecule has 0 saturated heterocycles. The van der Waals surface area contributed by atoms with Gasteiger partial charge in [-0.3, -0.25) is 4.57 Å². The summed E-state index contributed by atoms with van der Waals surface area (Å²) < 4.78 is 6.15. The van der Waals surface area contributed by atoms with Crippen LogP contribution in [0, 0.1) is 0 Å². The van der Waals surface area contributed by atoms with Gasteiger partial charge in [0.05, 0.1) is 5.56 Å². The molecule has 0 radical (unpaired) electrons. The van der Waals surface area contributed by atoms with Gasteiger partial charge in [-0.2, -0.15) is 0 Å². The van der Waals surface area contributed by atoms with Gasteiger partial charge in [-0.25, -0.2) is 9.59 Å². The zero-order valence-electron chi connectivity index (χ0n) is 8.85. The van der Waals surface area contributed by atoms with Crippen LogP contribution in [0.3, 0.4) is 0 Å². The Morgan fingerprint density at radius 2 is 2.00 bits per heavy atom. The van der Waals surface area contributed by atoms with E-state index in [-0.39, 0.29) is 5.56 Å². The molecule has 0 aromatic carbocycles. The Kier molecular flexibility index (Phi) is 2.83. The molecule has 0 fully saturated rings. The average Bonchev–Trinajstić information content (AvgIpc) is 2.47. The fourth-order valence-corrected chi connectivity index (χ4v) is 0.951. The van der Waals surface area contributed by atoms with E-state index in [4.69, 9.17) is 9.84 Å². The molecular formula is C10H13NO4. The van der Waals surface area contributed by atoms with Crippen molar-refractivity contribution in [3.05, 3.63) is 24.0 Å². The summed E-state index contributed by atoms with van der Waals surface area (Å²) in [6, 6.07) is 1.34. The van der Waals surface area contributed by atoms with Crippen molar-refractivity contribution in [2.75, 3.05) is 0 Å². The quantitative estimate of drug-likeness (QED) is 0.771. The van der Waals surface area contributed by atoms with Crippen LogP contribution in [0.1, 0.15) is 31.1 Å². The molecule has 1 aromatic rings. The summed E-state index contributed by atoms with van der Waals surface area (Å²) in [6.45, 7) is 5.23. The third kappa shape index (κ3) is 3.12. The highest BCUT2D eigenvalue weighted by atomic mass is 16.6. The van der Waals surface area contributed by atoms with Crippen molar-refractivity contribution in [3.63, 3.8) is 0 Å². The topological polar surface area (TPSA) is 68.5 Å². The van der Waals surface area contributed by atoms with E-state index in [1.165, 1.54) is 18.5 Å². The van der Waals surface area contributed by atoms with E-state index in [0.29, 0.717) is 0 Å². The van der Waals surface area contributed by atoms with Crippen molar-refractivity contribution in [1.29, 1.82) is 0 Å². The minimum Gasteiger partial charge on any atom is -0.478 e. The third-order valence-corrected chi connectivity index (χ3v) is 1.54. The van der Waals surface area contributed by atoms with E-state index < -0.39 is 17.7 Å². The van der Waals surface area contributed by atoms with Gasteiger partial charge < -0.3 is 9.84 Å². The Labute approximate surface area is 87.3 Å². The van der Waals surface area contributed by atoms with Gasteiger partial charge in [0.25, 0.3) is 0 Å². The lowest BCUT2D eigenvalue weighted by Crippen LogP contribution is -2.26. The number of carbonyl (C=O) groups excluding carboxylic acids is 1. The molecular weight excluding hydrogens is 198 g/mol. The Balaban J connectivity index is 2.79. The molecule has 0 atom stereocenters. The predicted octanol–water partition coefficient (Wildman–Crippen LogP) is 1.97. The van der Waals surface area contributed by atoms with Crippen LogP contribution in [0.2, 0.25) is 0 Å². The average molecular weight is 211 g/mol. The Hall–Kier alpha value is -1.78. The van der Waals surface area contributed by atoms with Crippen molar-refractivity contribution in [3.8, 4) is 0 Å². The van der Waals surface area contributed by atoms with Crippen LogP contribution < -0.4 is 0 Å². The molecule has 5 heteroatoms. The number of hydrogen-bond donors (Lipinski definition) is 1. The molecule has 0 amide bonds. The molecule has 0 aliphatic heterocycles. The van der Waals surface area contributed by atoms with E-state index in [2.05, 4.69) is 0 Å². The fourth-order valence-electron chi connectivity index (χ4n) is 0.951. The van der Waals surface area contributed by atoms with Gasteiger partial charge in [0.2, 0.25) is 0 Å². The Morgan fingerprint density at radius 3 is 2.40 bits per heavy atom. The number of aromatic carboxylic acids is 1. The number of aromatic nitrogens is 1. The van der Waals surface area contributed by atoms with Gasteiger partial charge in [-0.05, 0) is 26.8 Å². The minimum atomic E-state index is -1.07. The Bertz CT molecular complexity index is 386. The van der Waals surface area contributed by atoms with Crippen molar-refractivity contribution in [1.82, 2.24) is 4.57 Å². The number of carboxylic acid groups (broad SMARTS) is 1. The van der Waals surface area contributed by atoms with Crippen LogP contribution in [0.15, 0.2) is 18.5 Å². The standard InChI is InChI=1S/C10H13NO4/c1-10(2,3)15-9(14)11-5-4-7(6-11)8(12)13/h4-6H,1-3H3,(H,12,13). The first-order chi connectivity index (χ1) is 6.79. The van der Waals surface area contributed by atoms with Gasteiger partial charge in [0, 0.05) is 12.4 Å². The van der Waals surface area contributed by atoms with Crippen LogP contribution in [-0.2, 0) is 4.74 Å². The molecule has 0 spiro atoms. The fraction of sp³-hybridized carbons (Fsp3) is 0.400. The molecule has 1 rings (SSSR count). The summed E-state index contributed by atoms with van der Waals surface area (Å²) in [6.07, 6.45) is 1.99. The van der Waals surface area contributed by atoms with Crippen molar-refractivity contribution in [2.24, 2.45) is 0 Å². The molecule has 1 heterocycles. The lowest BCUT2D eigenvalue weighted by Gasteiger charge is -2.19. The molecule has 15 heavy (non-hydrogen) atoms. The van der Waals surface area contributed by atoms with Crippen molar-refractivity contribution >= 4 is 12.1 Å². The first-order valence-corrected chi connectivity index (χ1v) is 4.44. The number of hydrogen-bond acceptors (Lipinski definition) is 3. The smallest absolute Gasteiger partial charge is 0.418 e. The maximum absolute atomic E-state index is 11.4. The highest BCUT2D eigenvalue weighted by Gasteiger charge is 2.18. The number of carbonyl (C=O) groups is 2. The molecule has 0 aliphatic carbocycles. The number of ether oxygens (including phenoxy) is 1. The zero-order valence-corrected chi connectivity index (χ0v) is 8.85. The summed E-state index contributed by atoms with van der Waals surface area (Å²) in [7, 11) is 0. The maximum Gasteiger partial charge on any atom is 0.418 e. The van der Waals surface area contributed by atoms with Crippen LogP contribution in [0.4, 0.5) is 4.79 Å². The molecule has 0 saturated carbocycles. The largest absolute Gasteiger partial charge is 0.478 e. The molecule has 0 bridgehead atoms. The second kappa shape index (κ2) is 3.76. The lowest BCUT2D eigenvalue weighted by molar-refractivity contribution is 0.0537. The maximum atomic E-state index is 11.4. The van der Waals surface area contributed by atoms with Gasteiger partial charge >= 0.3 is 12.1 Å². The molecule has 0 unspecified atom stereocenters. The molecule has 1 aromatic heterocycles.